The second-order valence-corrected chi connectivity index (χ2v) is 9.99. The number of carbonyl (C=O) groups excluding carboxylic acids is 1. The first-order valence-electron chi connectivity index (χ1n) is 12.3. The highest BCUT2D eigenvalue weighted by Crippen LogP contribution is 2.41. The van der Waals surface area contributed by atoms with E-state index in [1.54, 1.807) is 36.9 Å². The first kappa shape index (κ1) is 23.3. The lowest BCUT2D eigenvalue weighted by molar-refractivity contribution is 0.0736. The summed E-state index contributed by atoms with van der Waals surface area (Å²) >= 11 is 0. The molecule has 1 saturated carbocycles. The van der Waals surface area contributed by atoms with Gasteiger partial charge in [-0.1, -0.05) is 22.9 Å². The molecule has 3 heterocycles. The molecule has 182 valence electrons. The summed E-state index contributed by atoms with van der Waals surface area (Å²) in [6.45, 7) is 4.28. The number of aliphatic hydroxyl groups is 1. The summed E-state index contributed by atoms with van der Waals surface area (Å²) in [4.78, 5) is 16.9. The maximum absolute atomic E-state index is 12.5. The predicted molar refractivity (Wildman–Crippen MR) is 130 cm³/mol. The smallest absolute Gasteiger partial charge is 0.273 e. The summed E-state index contributed by atoms with van der Waals surface area (Å²) in [5.41, 5.74) is 5.36. The van der Waals surface area contributed by atoms with E-state index in [1.165, 1.54) is 24.0 Å². The van der Waals surface area contributed by atoms with Crippen LogP contribution in [0.25, 0.3) is 6.08 Å². The minimum absolute atomic E-state index is 0.245. The zero-order chi connectivity index (χ0) is 24.4. The molecule has 9 nitrogen and oxygen atoms in total. The molecule has 3 aromatic rings. The second kappa shape index (κ2) is 9.65. The summed E-state index contributed by atoms with van der Waals surface area (Å²) in [6.07, 6.45) is 10.3. The summed E-state index contributed by atoms with van der Waals surface area (Å²) in [6, 6.07) is 7.56. The van der Waals surface area contributed by atoms with E-state index in [1.807, 2.05) is 6.07 Å². The molecule has 0 bridgehead atoms. The quantitative estimate of drug-likeness (QED) is 0.435. The van der Waals surface area contributed by atoms with Crippen molar-refractivity contribution in [2.75, 3.05) is 0 Å². The molecule has 1 fully saturated rings. The van der Waals surface area contributed by atoms with Crippen LogP contribution in [0.2, 0.25) is 0 Å². The van der Waals surface area contributed by atoms with Crippen molar-refractivity contribution in [3.8, 4) is 0 Å². The van der Waals surface area contributed by atoms with Gasteiger partial charge in [0, 0.05) is 13.0 Å². The van der Waals surface area contributed by atoms with Crippen molar-refractivity contribution in [1.29, 1.82) is 0 Å². The molecule has 0 aliphatic heterocycles. The molecule has 0 spiro atoms. The van der Waals surface area contributed by atoms with Gasteiger partial charge in [0.1, 0.15) is 5.60 Å². The molecule has 35 heavy (non-hydrogen) atoms. The molecule has 0 aromatic carbocycles. The average molecular weight is 474 g/mol. The fourth-order valence-corrected chi connectivity index (χ4v) is 4.29. The van der Waals surface area contributed by atoms with Crippen LogP contribution in [0, 0.1) is 5.92 Å². The van der Waals surface area contributed by atoms with Gasteiger partial charge < -0.3 is 10.4 Å². The summed E-state index contributed by atoms with van der Waals surface area (Å²) in [7, 11) is 0. The number of hydrogen-bond donors (Lipinski definition) is 2. The third-order valence-electron chi connectivity index (χ3n) is 6.47. The van der Waals surface area contributed by atoms with Crippen molar-refractivity contribution >= 4 is 12.0 Å². The van der Waals surface area contributed by atoms with Gasteiger partial charge >= 0.3 is 0 Å². The number of aryl methyl sites for hydroxylation is 2. The molecule has 1 amide bonds. The number of nitrogens with zero attached hydrogens (tertiary/aromatic N) is 6. The van der Waals surface area contributed by atoms with Crippen molar-refractivity contribution in [3.05, 3.63) is 70.1 Å². The van der Waals surface area contributed by atoms with Gasteiger partial charge in [0.2, 0.25) is 0 Å². The maximum Gasteiger partial charge on any atom is 0.273 e. The van der Waals surface area contributed by atoms with Crippen LogP contribution in [0.3, 0.4) is 0 Å². The molecule has 2 aliphatic carbocycles. The molecule has 2 N–H and O–H groups in total. The average Bonchev–Trinajstić information content (AvgIpc) is 3.43. The third kappa shape index (κ3) is 5.79. The lowest BCUT2D eigenvalue weighted by Gasteiger charge is -2.17. The van der Waals surface area contributed by atoms with Gasteiger partial charge in [-0.25, -0.2) is 0 Å². The Morgan fingerprint density at radius 1 is 1.17 bits per heavy atom. The molecule has 5 rings (SSSR count). The summed E-state index contributed by atoms with van der Waals surface area (Å²) < 4.78 is 1.70. The second-order valence-electron chi connectivity index (χ2n) is 9.99. The maximum atomic E-state index is 12.5. The highest BCUT2D eigenvalue weighted by atomic mass is 16.3. The van der Waals surface area contributed by atoms with Gasteiger partial charge in [-0.05, 0) is 75.6 Å². The van der Waals surface area contributed by atoms with Crippen LogP contribution in [0.5, 0.6) is 0 Å². The van der Waals surface area contributed by atoms with Crippen molar-refractivity contribution in [2.24, 2.45) is 5.92 Å². The number of amides is 1. The Kier molecular flexibility index (Phi) is 6.42. The minimum atomic E-state index is -1.04. The van der Waals surface area contributed by atoms with Crippen LogP contribution in [-0.4, -0.2) is 41.2 Å². The van der Waals surface area contributed by atoms with Gasteiger partial charge in [-0.15, -0.1) is 5.10 Å². The number of hydrogen-bond acceptors (Lipinski definition) is 7. The van der Waals surface area contributed by atoms with Gasteiger partial charge in [-0.2, -0.15) is 10.2 Å². The van der Waals surface area contributed by atoms with Gasteiger partial charge in [0.25, 0.3) is 5.91 Å². The first-order valence-corrected chi connectivity index (χ1v) is 12.3. The van der Waals surface area contributed by atoms with Crippen LogP contribution in [0.15, 0.2) is 36.0 Å². The number of rotatable bonds is 10. The van der Waals surface area contributed by atoms with Crippen LogP contribution in [-0.2, 0) is 31.5 Å². The SMILES string of the molecule is CC(C)(O)c1cccc(CNC(=O)c2cn(CCCCc3cc4c(nn3)CC(C3CC3)=C4)nn2)n1. The molecule has 2 aliphatic rings. The van der Waals surface area contributed by atoms with E-state index in [9.17, 15) is 9.90 Å². The van der Waals surface area contributed by atoms with E-state index in [2.05, 4.69) is 43.0 Å². The Hall–Kier alpha value is -3.46. The number of fused-ring (bicyclic) bond motifs is 1. The Labute approximate surface area is 204 Å². The Balaban J connectivity index is 1.07. The molecule has 0 saturated heterocycles. The van der Waals surface area contributed by atoms with E-state index in [0.717, 1.165) is 43.0 Å². The molecule has 9 heteroatoms. The van der Waals surface area contributed by atoms with E-state index in [0.29, 0.717) is 17.9 Å². The number of pyridine rings is 1. The van der Waals surface area contributed by atoms with Gasteiger partial charge in [0.05, 0.1) is 35.5 Å². The Bertz CT molecular complexity index is 1250. The van der Waals surface area contributed by atoms with Gasteiger partial charge in [-0.3, -0.25) is 14.5 Å². The number of nitrogens with one attached hydrogen (secondary N) is 1. The van der Waals surface area contributed by atoms with E-state index < -0.39 is 5.60 Å². The molecule has 0 unspecified atom stereocenters. The lowest BCUT2D eigenvalue weighted by Crippen LogP contribution is -2.25. The number of carbonyl (C=O) groups is 1. The van der Waals surface area contributed by atoms with E-state index >= 15 is 0 Å². The Morgan fingerprint density at radius 2 is 2.03 bits per heavy atom. The summed E-state index contributed by atoms with van der Waals surface area (Å²) in [5.74, 6) is 0.475. The van der Waals surface area contributed by atoms with Crippen molar-refractivity contribution < 1.29 is 9.90 Å². The molecule has 0 radical (unpaired) electrons. The van der Waals surface area contributed by atoms with Crippen molar-refractivity contribution in [3.63, 3.8) is 0 Å². The molecule has 0 atom stereocenters. The topological polar surface area (TPSA) is 119 Å². The normalized spacial score (nSPS) is 15.1. The van der Waals surface area contributed by atoms with Crippen molar-refractivity contribution in [2.45, 2.75) is 71.1 Å². The Morgan fingerprint density at radius 3 is 2.83 bits per heavy atom. The number of unbranched alkanes of at least 4 members (excludes halogenated alkanes) is 1. The zero-order valence-electron chi connectivity index (χ0n) is 20.2. The van der Waals surface area contributed by atoms with E-state index in [-0.39, 0.29) is 18.1 Å². The minimum Gasteiger partial charge on any atom is -0.384 e. The molecular weight excluding hydrogens is 442 g/mol. The van der Waals surface area contributed by atoms with E-state index in [4.69, 9.17) is 0 Å². The number of aromatic nitrogens is 6. The fourth-order valence-electron chi connectivity index (χ4n) is 4.29. The monoisotopic (exact) mass is 473 g/mol. The van der Waals surface area contributed by atoms with Crippen LogP contribution in [0.4, 0.5) is 0 Å². The molecular formula is C26H31N7O2. The first-order chi connectivity index (χ1) is 16.8. The highest BCUT2D eigenvalue weighted by Gasteiger charge is 2.29. The van der Waals surface area contributed by atoms with Crippen LogP contribution in [0.1, 0.15) is 78.4 Å². The molecule has 3 aromatic heterocycles. The van der Waals surface area contributed by atoms with Crippen molar-refractivity contribution in [1.82, 2.24) is 35.5 Å². The zero-order valence-corrected chi connectivity index (χ0v) is 20.2. The predicted octanol–water partition coefficient (Wildman–Crippen LogP) is 2.99. The highest BCUT2D eigenvalue weighted by molar-refractivity contribution is 5.91. The van der Waals surface area contributed by atoms with Crippen LogP contribution < -0.4 is 5.32 Å². The summed E-state index contributed by atoms with van der Waals surface area (Å²) in [5, 5.41) is 29.9. The largest absolute Gasteiger partial charge is 0.384 e. The van der Waals surface area contributed by atoms with Gasteiger partial charge in [0.15, 0.2) is 5.69 Å². The van der Waals surface area contributed by atoms with Crippen LogP contribution >= 0.6 is 0 Å². The lowest BCUT2D eigenvalue weighted by atomic mass is 10.0. The number of allylic oxidation sites excluding steroid dienone is 1. The third-order valence-corrected chi connectivity index (χ3v) is 6.47. The standard InChI is InChI=1S/C26H31N7O2/c1-26(2,35)24-8-5-7-21(28-24)15-27-25(34)23-16-33(32-31-23)11-4-3-6-20-13-19-12-18(17-9-10-17)14-22(19)30-29-20/h5,7-8,12-13,16-17,35H,3-4,6,9-11,14-15H2,1-2H3,(H,27,34). The fraction of sp³-hybridized carbons (Fsp3) is 0.462.